The first-order valence-corrected chi connectivity index (χ1v) is 15.3. The molecule has 13 heteroatoms. The van der Waals surface area contributed by atoms with Crippen molar-refractivity contribution >= 4 is 17.7 Å². The third kappa shape index (κ3) is 9.03. The zero-order chi connectivity index (χ0) is 32.5. The summed E-state index contributed by atoms with van der Waals surface area (Å²) in [6.07, 6.45) is 4.27. The number of benzene rings is 2. The number of pyridine rings is 1. The van der Waals surface area contributed by atoms with Crippen molar-refractivity contribution < 1.29 is 37.0 Å². The molecule has 5 rings (SSSR count). The normalized spacial score (nSPS) is 20.3. The molecule has 1 aromatic heterocycles. The standard InChI is InChI=1S/C33H38F3N5O5/c34-22-7-3-20(4-8-22)30(21-5-9-23(35)10-6-21)31(37)32(42)41-29-17-38-16-28(36)27(29)12-11-26-14-39-24(18-45-26)19-46-33(43)40-15-25-2-1-13-44-25/h3-10,16-17,24-26,30-31,39H,1-2,11-15,18-19,37H2,(H,40,43)(H,41,42)/t24-,25+,26+,31-/m0/s1. The summed E-state index contributed by atoms with van der Waals surface area (Å²) in [7, 11) is 0. The van der Waals surface area contributed by atoms with Gasteiger partial charge in [0.05, 0.1) is 49.0 Å². The molecule has 2 amide bonds. The minimum absolute atomic E-state index is 0.0278. The molecule has 46 heavy (non-hydrogen) atoms. The molecule has 10 nitrogen and oxygen atoms in total. The van der Waals surface area contributed by atoms with E-state index in [9.17, 15) is 22.8 Å². The predicted octanol–water partition coefficient (Wildman–Crippen LogP) is 3.79. The highest BCUT2D eigenvalue weighted by Gasteiger charge is 2.29. The molecular weight excluding hydrogens is 603 g/mol. The average Bonchev–Trinajstić information content (AvgIpc) is 3.59. The fraction of sp³-hybridized carbons (Fsp3) is 0.424. The summed E-state index contributed by atoms with van der Waals surface area (Å²) >= 11 is 0. The number of nitrogens with one attached hydrogen (secondary N) is 3. The molecule has 0 aliphatic carbocycles. The maximum absolute atomic E-state index is 15.0. The molecule has 4 atom stereocenters. The topological polar surface area (TPSA) is 137 Å². The van der Waals surface area contributed by atoms with E-state index < -0.39 is 41.4 Å². The summed E-state index contributed by atoms with van der Waals surface area (Å²) in [5, 5.41) is 8.71. The summed E-state index contributed by atoms with van der Waals surface area (Å²) in [4.78, 5) is 29.3. The molecule has 2 fully saturated rings. The minimum atomic E-state index is -1.19. The first-order valence-electron chi connectivity index (χ1n) is 15.3. The van der Waals surface area contributed by atoms with Crippen LogP contribution >= 0.6 is 0 Å². The van der Waals surface area contributed by atoms with Crippen LogP contribution in [0.3, 0.4) is 0 Å². The van der Waals surface area contributed by atoms with Gasteiger partial charge in [0.1, 0.15) is 24.1 Å². The molecule has 3 aromatic rings. The molecule has 2 aliphatic rings. The summed E-state index contributed by atoms with van der Waals surface area (Å²) in [6.45, 7) is 2.02. The third-order valence-corrected chi connectivity index (χ3v) is 8.18. The van der Waals surface area contributed by atoms with Gasteiger partial charge in [0, 0.05) is 31.2 Å². The molecule has 2 aromatic carbocycles. The molecule has 3 heterocycles. The third-order valence-electron chi connectivity index (χ3n) is 8.18. The van der Waals surface area contributed by atoms with Crippen LogP contribution in [-0.4, -0.2) is 74.2 Å². The SMILES string of the molecule is N[C@H](C(=O)Nc1cncc(F)c1CC[C@@H]1CN[C@H](COC(=O)NC[C@H]2CCCO2)CO1)C(c1ccc(F)cc1)c1ccc(F)cc1. The summed E-state index contributed by atoms with van der Waals surface area (Å²) in [5.74, 6) is -2.86. The monoisotopic (exact) mass is 641 g/mol. The number of aromatic nitrogens is 1. The van der Waals surface area contributed by atoms with E-state index in [4.69, 9.17) is 19.9 Å². The van der Waals surface area contributed by atoms with Crippen molar-refractivity contribution in [3.05, 3.63) is 95.1 Å². The van der Waals surface area contributed by atoms with Crippen LogP contribution in [0.1, 0.15) is 41.9 Å². The van der Waals surface area contributed by atoms with Crippen molar-refractivity contribution in [2.75, 3.05) is 38.2 Å². The maximum Gasteiger partial charge on any atom is 0.407 e. The average molecular weight is 642 g/mol. The number of anilines is 1. The minimum Gasteiger partial charge on any atom is -0.448 e. The molecule has 0 radical (unpaired) electrons. The van der Waals surface area contributed by atoms with Crippen LogP contribution in [0.4, 0.5) is 23.7 Å². The Morgan fingerprint density at radius 2 is 1.70 bits per heavy atom. The first kappa shape index (κ1) is 33.3. The van der Waals surface area contributed by atoms with Crippen molar-refractivity contribution in [3.63, 3.8) is 0 Å². The predicted molar refractivity (Wildman–Crippen MR) is 164 cm³/mol. The molecule has 5 N–H and O–H groups in total. The summed E-state index contributed by atoms with van der Waals surface area (Å²) in [6, 6.07) is 9.72. The summed E-state index contributed by atoms with van der Waals surface area (Å²) < 4.78 is 59.0. The lowest BCUT2D eigenvalue weighted by Crippen LogP contribution is -2.49. The first-order chi connectivity index (χ1) is 22.3. The van der Waals surface area contributed by atoms with Crippen molar-refractivity contribution in [2.45, 2.75) is 55.9 Å². The van der Waals surface area contributed by atoms with Crippen LogP contribution in [0.2, 0.25) is 0 Å². The Labute approximate surface area is 265 Å². The van der Waals surface area contributed by atoms with E-state index in [0.717, 1.165) is 19.0 Å². The van der Waals surface area contributed by atoms with Gasteiger partial charge in [0.2, 0.25) is 5.91 Å². The van der Waals surface area contributed by atoms with Crippen molar-refractivity contribution in [1.29, 1.82) is 0 Å². The molecule has 246 valence electrons. The van der Waals surface area contributed by atoms with Crippen LogP contribution < -0.4 is 21.7 Å². The maximum atomic E-state index is 15.0. The Hall–Kier alpha value is -4.04. The van der Waals surface area contributed by atoms with E-state index >= 15 is 0 Å². The molecule has 0 saturated carbocycles. The van der Waals surface area contributed by atoms with E-state index in [1.165, 1.54) is 54.7 Å². The van der Waals surface area contributed by atoms with Gasteiger partial charge in [-0.1, -0.05) is 24.3 Å². The fourth-order valence-electron chi connectivity index (χ4n) is 5.63. The highest BCUT2D eigenvalue weighted by molar-refractivity contribution is 5.96. The number of halogens is 3. The number of ether oxygens (including phenoxy) is 3. The lowest BCUT2D eigenvalue weighted by Gasteiger charge is -2.30. The van der Waals surface area contributed by atoms with E-state index in [1.807, 2.05) is 0 Å². The van der Waals surface area contributed by atoms with Gasteiger partial charge in [-0.05, 0) is 61.1 Å². The molecule has 0 spiro atoms. The van der Waals surface area contributed by atoms with Crippen LogP contribution in [0.15, 0.2) is 60.9 Å². The van der Waals surface area contributed by atoms with Gasteiger partial charge in [-0.2, -0.15) is 0 Å². The van der Waals surface area contributed by atoms with Crippen molar-refractivity contribution in [3.8, 4) is 0 Å². The Morgan fingerprint density at radius 3 is 2.30 bits per heavy atom. The summed E-state index contributed by atoms with van der Waals surface area (Å²) in [5.41, 5.74) is 7.97. The van der Waals surface area contributed by atoms with Gasteiger partial charge >= 0.3 is 6.09 Å². The second-order valence-electron chi connectivity index (χ2n) is 11.5. The lowest BCUT2D eigenvalue weighted by molar-refractivity contribution is -0.117. The molecule has 2 aliphatic heterocycles. The molecule has 0 unspecified atom stereocenters. The lowest BCUT2D eigenvalue weighted by atomic mass is 9.85. The van der Waals surface area contributed by atoms with E-state index in [2.05, 4.69) is 20.9 Å². The van der Waals surface area contributed by atoms with E-state index in [0.29, 0.717) is 43.9 Å². The number of carbonyl (C=O) groups excluding carboxylic acids is 2. The highest BCUT2D eigenvalue weighted by Crippen LogP contribution is 2.29. The second-order valence-corrected chi connectivity index (χ2v) is 11.5. The number of nitrogens with zero attached hydrogens (tertiary/aromatic N) is 1. The molecule has 0 bridgehead atoms. The van der Waals surface area contributed by atoms with Gasteiger partial charge in [-0.15, -0.1) is 0 Å². The van der Waals surface area contributed by atoms with E-state index in [-0.39, 0.29) is 42.5 Å². The molecule has 2 saturated heterocycles. The number of rotatable bonds is 12. The van der Waals surface area contributed by atoms with Gasteiger partial charge < -0.3 is 35.9 Å². The van der Waals surface area contributed by atoms with Crippen molar-refractivity contribution in [1.82, 2.24) is 15.6 Å². The van der Waals surface area contributed by atoms with Gasteiger partial charge in [-0.3, -0.25) is 9.78 Å². The fourth-order valence-corrected chi connectivity index (χ4v) is 5.63. The zero-order valence-corrected chi connectivity index (χ0v) is 25.2. The van der Waals surface area contributed by atoms with Crippen LogP contribution in [-0.2, 0) is 25.4 Å². The quantitative estimate of drug-likeness (QED) is 0.235. The second kappa shape index (κ2) is 16.0. The Bertz CT molecular complexity index is 1400. The smallest absolute Gasteiger partial charge is 0.407 e. The van der Waals surface area contributed by atoms with E-state index in [1.54, 1.807) is 0 Å². The van der Waals surface area contributed by atoms with Crippen LogP contribution in [0.5, 0.6) is 0 Å². The number of morpholine rings is 1. The Kier molecular flexibility index (Phi) is 11.6. The number of hydrogen-bond acceptors (Lipinski definition) is 8. The number of amides is 2. The number of alkyl carbamates (subject to hydrolysis) is 1. The number of hydrogen-bond donors (Lipinski definition) is 4. The largest absolute Gasteiger partial charge is 0.448 e. The highest BCUT2D eigenvalue weighted by atomic mass is 19.1. The number of nitrogens with two attached hydrogens (primary N) is 1. The molecular formula is C33H38F3N5O5. The Balaban J connectivity index is 1.15. The van der Waals surface area contributed by atoms with Gasteiger partial charge in [0.15, 0.2) is 0 Å². The van der Waals surface area contributed by atoms with Crippen LogP contribution in [0, 0.1) is 17.5 Å². The van der Waals surface area contributed by atoms with Crippen molar-refractivity contribution in [2.24, 2.45) is 5.73 Å². The van der Waals surface area contributed by atoms with Gasteiger partial charge in [0.25, 0.3) is 0 Å². The van der Waals surface area contributed by atoms with Crippen LogP contribution in [0.25, 0.3) is 0 Å². The number of carbonyl (C=O) groups is 2. The van der Waals surface area contributed by atoms with Gasteiger partial charge in [-0.25, -0.2) is 18.0 Å². The zero-order valence-electron chi connectivity index (χ0n) is 25.2. The Morgan fingerprint density at radius 1 is 1.00 bits per heavy atom.